The highest BCUT2D eigenvalue weighted by molar-refractivity contribution is 7.98. The van der Waals surface area contributed by atoms with Crippen molar-refractivity contribution in [1.82, 2.24) is 0 Å². The molecule has 0 aliphatic carbocycles. The molecule has 2 atom stereocenters. The summed E-state index contributed by atoms with van der Waals surface area (Å²) in [5.41, 5.74) is 2.27. The molecule has 3 heteroatoms. The number of nitrogens with two attached hydrogens (primary N) is 1. The second-order valence-corrected chi connectivity index (χ2v) is 5.88. The normalized spacial score (nSPS) is 13.9. The van der Waals surface area contributed by atoms with E-state index in [0.717, 1.165) is 12.1 Å². The predicted octanol–water partition coefficient (Wildman–Crippen LogP) is 2.59. The van der Waals surface area contributed by atoms with Crippen LogP contribution in [0.4, 0.5) is 0 Å². The summed E-state index contributed by atoms with van der Waals surface area (Å²) in [6, 6.07) is 18.6. The Balaban J connectivity index is 1.89. The Bertz CT molecular complexity index is 512. The van der Waals surface area contributed by atoms with Crippen LogP contribution in [0.1, 0.15) is 24.2 Å². The SMILES string of the molecule is CSc1ccc(C[NH2+][C@H](C)[C@@H](O)c2ccccc2)cc1. The van der Waals surface area contributed by atoms with Gasteiger partial charge >= 0.3 is 0 Å². The average molecular weight is 288 g/mol. The van der Waals surface area contributed by atoms with Crippen LogP contribution in [0.3, 0.4) is 0 Å². The van der Waals surface area contributed by atoms with E-state index in [1.807, 2.05) is 30.3 Å². The van der Waals surface area contributed by atoms with Gasteiger partial charge in [-0.05, 0) is 30.9 Å². The molecular weight excluding hydrogens is 266 g/mol. The molecule has 0 radical (unpaired) electrons. The van der Waals surface area contributed by atoms with E-state index in [2.05, 4.69) is 42.8 Å². The molecule has 2 aromatic rings. The van der Waals surface area contributed by atoms with Gasteiger partial charge in [0.1, 0.15) is 18.7 Å². The minimum atomic E-state index is -0.429. The van der Waals surface area contributed by atoms with Gasteiger partial charge in [-0.1, -0.05) is 42.5 Å². The zero-order valence-electron chi connectivity index (χ0n) is 12.0. The quantitative estimate of drug-likeness (QED) is 0.802. The Kier molecular flexibility index (Phi) is 5.65. The third kappa shape index (κ3) is 4.10. The van der Waals surface area contributed by atoms with Gasteiger partial charge in [-0.25, -0.2) is 0 Å². The fourth-order valence-corrected chi connectivity index (χ4v) is 2.57. The van der Waals surface area contributed by atoms with Crippen molar-refractivity contribution >= 4 is 11.8 Å². The van der Waals surface area contributed by atoms with E-state index in [-0.39, 0.29) is 6.04 Å². The van der Waals surface area contributed by atoms with Crippen LogP contribution in [0.2, 0.25) is 0 Å². The summed E-state index contributed by atoms with van der Waals surface area (Å²) >= 11 is 1.75. The third-order valence-corrected chi connectivity index (χ3v) is 4.27. The van der Waals surface area contributed by atoms with Gasteiger partial charge in [0.15, 0.2) is 0 Å². The Labute approximate surface area is 125 Å². The van der Waals surface area contributed by atoms with E-state index in [1.54, 1.807) is 11.8 Å². The molecule has 0 fully saturated rings. The number of benzene rings is 2. The molecule has 2 aromatic carbocycles. The van der Waals surface area contributed by atoms with Crippen molar-refractivity contribution in [2.75, 3.05) is 6.26 Å². The van der Waals surface area contributed by atoms with E-state index in [9.17, 15) is 5.11 Å². The standard InChI is InChI=1S/C17H21NOS/c1-13(17(19)15-6-4-3-5-7-15)18-12-14-8-10-16(20-2)11-9-14/h3-11,13,17-19H,12H2,1-2H3/p+1/t13-,17-/m1/s1. The van der Waals surface area contributed by atoms with Crippen LogP contribution in [-0.4, -0.2) is 17.4 Å². The molecule has 0 amide bonds. The van der Waals surface area contributed by atoms with Crippen LogP contribution >= 0.6 is 11.8 Å². The highest BCUT2D eigenvalue weighted by Crippen LogP contribution is 2.15. The third-order valence-electron chi connectivity index (χ3n) is 3.52. The van der Waals surface area contributed by atoms with Gasteiger partial charge in [0.2, 0.25) is 0 Å². The fraction of sp³-hybridized carbons (Fsp3) is 0.294. The first kappa shape index (κ1) is 15.1. The van der Waals surface area contributed by atoms with E-state index < -0.39 is 6.10 Å². The van der Waals surface area contributed by atoms with E-state index >= 15 is 0 Å². The minimum absolute atomic E-state index is 0.137. The maximum Gasteiger partial charge on any atom is 0.130 e. The molecule has 0 saturated carbocycles. The van der Waals surface area contributed by atoms with Crippen molar-refractivity contribution in [2.45, 2.75) is 30.5 Å². The minimum Gasteiger partial charge on any atom is -0.382 e. The molecule has 20 heavy (non-hydrogen) atoms. The molecular formula is C17H22NOS+. The molecule has 0 aliphatic heterocycles. The van der Waals surface area contributed by atoms with Crippen LogP contribution in [0.5, 0.6) is 0 Å². The molecule has 0 spiro atoms. The number of aliphatic hydroxyl groups is 1. The summed E-state index contributed by atoms with van der Waals surface area (Å²) in [5.74, 6) is 0. The van der Waals surface area contributed by atoms with Crippen molar-refractivity contribution in [3.05, 3.63) is 65.7 Å². The highest BCUT2D eigenvalue weighted by atomic mass is 32.2. The van der Waals surface area contributed by atoms with Crippen LogP contribution in [0.25, 0.3) is 0 Å². The molecule has 0 unspecified atom stereocenters. The van der Waals surface area contributed by atoms with Crippen molar-refractivity contribution in [3.63, 3.8) is 0 Å². The number of aliphatic hydroxyl groups excluding tert-OH is 1. The average Bonchev–Trinajstić information content (AvgIpc) is 2.53. The second kappa shape index (κ2) is 7.48. The smallest absolute Gasteiger partial charge is 0.130 e. The molecule has 0 bridgehead atoms. The molecule has 0 aliphatic rings. The monoisotopic (exact) mass is 288 g/mol. The lowest BCUT2D eigenvalue weighted by Crippen LogP contribution is -2.88. The van der Waals surface area contributed by atoms with Gasteiger partial charge in [-0.15, -0.1) is 11.8 Å². The molecule has 2 nitrogen and oxygen atoms in total. The molecule has 0 aromatic heterocycles. The molecule has 2 rings (SSSR count). The van der Waals surface area contributed by atoms with E-state index in [1.165, 1.54) is 10.5 Å². The number of hydrogen-bond acceptors (Lipinski definition) is 2. The highest BCUT2D eigenvalue weighted by Gasteiger charge is 2.18. The van der Waals surface area contributed by atoms with Gasteiger partial charge in [0, 0.05) is 10.5 Å². The molecule has 0 heterocycles. The van der Waals surface area contributed by atoms with E-state index in [0.29, 0.717) is 0 Å². The van der Waals surface area contributed by atoms with Gasteiger partial charge < -0.3 is 10.4 Å². The number of rotatable bonds is 6. The van der Waals surface area contributed by atoms with Crippen LogP contribution in [0.15, 0.2) is 59.5 Å². The topological polar surface area (TPSA) is 36.8 Å². The number of thioether (sulfide) groups is 1. The summed E-state index contributed by atoms with van der Waals surface area (Å²) in [5, 5.41) is 12.5. The van der Waals surface area contributed by atoms with Gasteiger partial charge in [-0.3, -0.25) is 0 Å². The van der Waals surface area contributed by atoms with E-state index in [4.69, 9.17) is 0 Å². The maximum absolute atomic E-state index is 10.3. The summed E-state index contributed by atoms with van der Waals surface area (Å²) < 4.78 is 0. The Morgan fingerprint density at radius 1 is 1.05 bits per heavy atom. The Hall–Kier alpha value is -1.29. The van der Waals surface area contributed by atoms with Gasteiger partial charge in [0.25, 0.3) is 0 Å². The van der Waals surface area contributed by atoms with Crippen LogP contribution in [-0.2, 0) is 6.54 Å². The first-order valence-electron chi connectivity index (χ1n) is 6.90. The number of hydrogen-bond donors (Lipinski definition) is 2. The lowest BCUT2D eigenvalue weighted by Gasteiger charge is -2.17. The first-order valence-corrected chi connectivity index (χ1v) is 8.12. The second-order valence-electron chi connectivity index (χ2n) is 5.00. The van der Waals surface area contributed by atoms with Crippen molar-refractivity contribution in [3.8, 4) is 0 Å². The summed E-state index contributed by atoms with van der Waals surface area (Å²) in [6.45, 7) is 2.95. The molecule has 3 N–H and O–H groups in total. The zero-order chi connectivity index (χ0) is 14.4. The van der Waals surface area contributed by atoms with Crippen molar-refractivity contribution < 1.29 is 10.4 Å². The largest absolute Gasteiger partial charge is 0.382 e. The Morgan fingerprint density at radius 3 is 2.30 bits per heavy atom. The maximum atomic E-state index is 10.3. The van der Waals surface area contributed by atoms with Crippen molar-refractivity contribution in [1.29, 1.82) is 0 Å². The molecule has 106 valence electrons. The zero-order valence-corrected chi connectivity index (χ0v) is 12.8. The van der Waals surface area contributed by atoms with Gasteiger partial charge in [-0.2, -0.15) is 0 Å². The predicted molar refractivity (Wildman–Crippen MR) is 84.7 cm³/mol. The summed E-state index contributed by atoms with van der Waals surface area (Å²) in [6.07, 6.45) is 1.65. The fourth-order valence-electron chi connectivity index (χ4n) is 2.17. The number of quaternary nitrogens is 1. The summed E-state index contributed by atoms with van der Waals surface area (Å²) in [4.78, 5) is 1.28. The van der Waals surface area contributed by atoms with Crippen molar-refractivity contribution in [2.24, 2.45) is 0 Å². The molecule has 0 saturated heterocycles. The lowest BCUT2D eigenvalue weighted by atomic mass is 10.0. The van der Waals surface area contributed by atoms with Gasteiger partial charge in [0.05, 0.1) is 0 Å². The first-order chi connectivity index (χ1) is 9.70. The van der Waals surface area contributed by atoms with Crippen LogP contribution in [0, 0.1) is 0 Å². The Morgan fingerprint density at radius 2 is 1.70 bits per heavy atom. The lowest BCUT2D eigenvalue weighted by molar-refractivity contribution is -0.709. The van der Waals surface area contributed by atoms with Crippen LogP contribution < -0.4 is 5.32 Å². The summed E-state index contributed by atoms with van der Waals surface area (Å²) in [7, 11) is 0.